The van der Waals surface area contributed by atoms with Crippen LogP contribution >= 0.6 is 0 Å². The van der Waals surface area contributed by atoms with Crippen molar-refractivity contribution in [1.29, 1.82) is 0 Å². The summed E-state index contributed by atoms with van der Waals surface area (Å²) in [6, 6.07) is 0. The first-order valence-corrected chi connectivity index (χ1v) is 6.77. The minimum atomic E-state index is -0.816. The maximum atomic E-state index is 10.9. The number of aliphatic hydroxyl groups is 1. The largest absolute Gasteiger partial charge is 0.492 e. The van der Waals surface area contributed by atoms with Crippen LogP contribution in [0, 0.1) is 5.92 Å². The van der Waals surface area contributed by atoms with Crippen LogP contribution in [0.4, 0.5) is 0 Å². The van der Waals surface area contributed by atoms with E-state index in [9.17, 15) is 5.11 Å². The maximum Gasteiger partial charge on any atom is 0.492 e. The van der Waals surface area contributed by atoms with Gasteiger partial charge in [0.2, 0.25) is 0 Å². The quantitative estimate of drug-likeness (QED) is 0.716. The van der Waals surface area contributed by atoms with Crippen molar-refractivity contribution in [2.75, 3.05) is 0 Å². The minimum Gasteiger partial charge on any atom is -0.401 e. The molecule has 2 aliphatic rings. The zero-order valence-electron chi connectivity index (χ0n) is 11.7. The Bertz CT molecular complexity index is 287. The molecule has 0 amide bonds. The van der Waals surface area contributed by atoms with Gasteiger partial charge in [0.15, 0.2) is 0 Å². The van der Waals surface area contributed by atoms with E-state index >= 15 is 0 Å². The standard InChI is InChI=1S/C13H25BO3/c1-10-8-6-7-9-13(10,15)14-16-11(2,3)12(4,5)17-14/h10,15H,6-9H2,1-5H3/t10-,13?/m1/s1. The highest BCUT2D eigenvalue weighted by molar-refractivity contribution is 6.49. The fraction of sp³-hybridized carbons (Fsp3) is 1.00. The Kier molecular flexibility index (Phi) is 3.13. The molecule has 1 aliphatic carbocycles. The molecule has 1 N–H and O–H groups in total. The van der Waals surface area contributed by atoms with Gasteiger partial charge in [0.05, 0.1) is 11.2 Å². The summed E-state index contributed by atoms with van der Waals surface area (Å²) in [5, 5.41) is 10.9. The lowest BCUT2D eigenvalue weighted by atomic mass is 9.55. The Hall–Kier alpha value is -0.0551. The zero-order valence-corrected chi connectivity index (χ0v) is 11.7. The lowest BCUT2D eigenvalue weighted by molar-refractivity contribution is -0.00384. The van der Waals surface area contributed by atoms with E-state index < -0.39 is 12.6 Å². The van der Waals surface area contributed by atoms with Gasteiger partial charge in [-0.2, -0.15) is 0 Å². The number of hydrogen-bond acceptors (Lipinski definition) is 3. The fourth-order valence-electron chi connectivity index (χ4n) is 2.75. The van der Waals surface area contributed by atoms with Gasteiger partial charge >= 0.3 is 7.12 Å². The molecule has 0 spiro atoms. The molecule has 4 heteroatoms. The molecule has 1 aliphatic heterocycles. The summed E-state index contributed by atoms with van der Waals surface area (Å²) < 4.78 is 12.0. The average molecular weight is 240 g/mol. The second kappa shape index (κ2) is 3.97. The van der Waals surface area contributed by atoms with Crippen LogP contribution in [0.1, 0.15) is 60.3 Å². The van der Waals surface area contributed by atoms with Crippen molar-refractivity contribution >= 4 is 7.12 Å². The molecule has 17 heavy (non-hydrogen) atoms. The minimum absolute atomic E-state index is 0.242. The molecule has 3 nitrogen and oxygen atoms in total. The molecule has 1 unspecified atom stereocenters. The fourth-order valence-corrected chi connectivity index (χ4v) is 2.75. The van der Waals surface area contributed by atoms with E-state index in [4.69, 9.17) is 9.31 Å². The Morgan fingerprint density at radius 3 is 2.06 bits per heavy atom. The third-order valence-electron chi connectivity index (χ3n) is 4.98. The van der Waals surface area contributed by atoms with Crippen LogP contribution in [0.15, 0.2) is 0 Å². The van der Waals surface area contributed by atoms with Crippen molar-refractivity contribution in [3.8, 4) is 0 Å². The van der Waals surface area contributed by atoms with Gasteiger partial charge in [0.25, 0.3) is 0 Å². The van der Waals surface area contributed by atoms with Gasteiger partial charge in [-0.05, 0) is 46.5 Å². The summed E-state index contributed by atoms with van der Waals surface area (Å²) in [5.74, 6) is 0.242. The van der Waals surface area contributed by atoms with Gasteiger partial charge in [-0.15, -0.1) is 0 Å². The van der Waals surface area contributed by atoms with E-state index in [-0.39, 0.29) is 17.1 Å². The van der Waals surface area contributed by atoms with Crippen molar-refractivity contribution < 1.29 is 14.4 Å². The Morgan fingerprint density at radius 2 is 1.59 bits per heavy atom. The maximum absolute atomic E-state index is 10.9. The molecule has 0 aromatic rings. The Labute approximate surface area is 105 Å². The van der Waals surface area contributed by atoms with Gasteiger partial charge in [0, 0.05) is 0 Å². The molecule has 0 aromatic heterocycles. The van der Waals surface area contributed by atoms with E-state index in [1.807, 2.05) is 27.7 Å². The van der Waals surface area contributed by atoms with Crippen LogP contribution in [-0.2, 0) is 9.31 Å². The monoisotopic (exact) mass is 240 g/mol. The second-order valence-electron chi connectivity index (χ2n) is 6.73. The number of hydrogen-bond donors (Lipinski definition) is 1. The summed E-state index contributed by atoms with van der Waals surface area (Å²) in [6.07, 6.45) is 4.10. The Balaban J connectivity index is 2.19. The topological polar surface area (TPSA) is 38.7 Å². The summed E-state index contributed by atoms with van der Waals surface area (Å²) >= 11 is 0. The first-order chi connectivity index (χ1) is 7.69. The molecular weight excluding hydrogens is 215 g/mol. The molecule has 0 aromatic carbocycles. The molecule has 2 fully saturated rings. The zero-order chi connectivity index (χ0) is 12.9. The van der Waals surface area contributed by atoms with Crippen molar-refractivity contribution in [3.63, 3.8) is 0 Å². The molecule has 1 heterocycles. The Morgan fingerprint density at radius 1 is 1.06 bits per heavy atom. The van der Waals surface area contributed by atoms with E-state index in [2.05, 4.69) is 6.92 Å². The molecule has 1 saturated carbocycles. The second-order valence-corrected chi connectivity index (χ2v) is 6.73. The molecule has 2 rings (SSSR count). The van der Waals surface area contributed by atoms with Crippen molar-refractivity contribution in [1.82, 2.24) is 0 Å². The highest BCUT2D eigenvalue weighted by Gasteiger charge is 2.61. The third kappa shape index (κ3) is 2.04. The van der Waals surface area contributed by atoms with Crippen LogP contribution in [0.5, 0.6) is 0 Å². The number of rotatable bonds is 1. The normalized spacial score (nSPS) is 40.6. The van der Waals surface area contributed by atoms with E-state index in [0.717, 1.165) is 19.3 Å². The predicted molar refractivity (Wildman–Crippen MR) is 68.7 cm³/mol. The third-order valence-corrected chi connectivity index (χ3v) is 4.98. The summed E-state index contributed by atoms with van der Waals surface area (Å²) in [5.41, 5.74) is -1.53. The van der Waals surface area contributed by atoms with Gasteiger partial charge in [-0.3, -0.25) is 0 Å². The highest BCUT2D eigenvalue weighted by atomic mass is 16.7. The van der Waals surface area contributed by atoms with Crippen LogP contribution in [0.25, 0.3) is 0 Å². The van der Waals surface area contributed by atoms with E-state index in [0.29, 0.717) is 0 Å². The first kappa shape index (κ1) is 13.4. The summed E-state index contributed by atoms with van der Waals surface area (Å²) in [7, 11) is -0.484. The van der Waals surface area contributed by atoms with Crippen LogP contribution < -0.4 is 0 Å². The molecule has 0 bridgehead atoms. The van der Waals surface area contributed by atoms with Crippen molar-refractivity contribution in [2.45, 2.75) is 77.0 Å². The molecule has 2 atom stereocenters. The lowest BCUT2D eigenvalue weighted by Gasteiger charge is -2.39. The van der Waals surface area contributed by atoms with Gasteiger partial charge < -0.3 is 14.4 Å². The molecule has 0 radical (unpaired) electrons. The van der Waals surface area contributed by atoms with Gasteiger partial charge in [0.1, 0.15) is 5.50 Å². The van der Waals surface area contributed by atoms with Crippen LogP contribution in [0.3, 0.4) is 0 Å². The van der Waals surface area contributed by atoms with E-state index in [1.165, 1.54) is 6.42 Å². The van der Waals surface area contributed by atoms with Gasteiger partial charge in [-0.1, -0.05) is 19.8 Å². The van der Waals surface area contributed by atoms with Crippen LogP contribution in [0.2, 0.25) is 0 Å². The smallest absolute Gasteiger partial charge is 0.401 e. The molecule has 1 saturated heterocycles. The lowest BCUT2D eigenvalue weighted by Crippen LogP contribution is -2.54. The van der Waals surface area contributed by atoms with Crippen molar-refractivity contribution in [2.24, 2.45) is 5.92 Å². The molecule has 98 valence electrons. The highest BCUT2D eigenvalue weighted by Crippen LogP contribution is 2.45. The predicted octanol–water partition coefficient (Wildman–Crippen LogP) is 2.56. The average Bonchev–Trinajstić information content (AvgIpc) is 2.42. The summed E-state index contributed by atoms with van der Waals surface area (Å²) in [4.78, 5) is 0. The molecular formula is C13H25BO3. The summed E-state index contributed by atoms with van der Waals surface area (Å²) in [6.45, 7) is 10.2. The van der Waals surface area contributed by atoms with E-state index in [1.54, 1.807) is 0 Å². The SMILES string of the molecule is C[C@@H]1CCCCC1(O)B1OC(C)(C)C(C)(C)O1. The first-order valence-electron chi connectivity index (χ1n) is 6.77. The van der Waals surface area contributed by atoms with Crippen LogP contribution in [-0.4, -0.2) is 28.9 Å². The van der Waals surface area contributed by atoms with Crippen molar-refractivity contribution in [3.05, 3.63) is 0 Å². The van der Waals surface area contributed by atoms with Gasteiger partial charge in [-0.25, -0.2) is 0 Å².